The molecular weight excluding hydrogens is 667 g/mol. The topological polar surface area (TPSA) is 68.4 Å². The summed E-state index contributed by atoms with van der Waals surface area (Å²) in [5, 5.41) is 0. The molecule has 0 atom stereocenters. The SMILES string of the molecule is C1CCOC1.C1CCOC1.C1CCOC1.C1CCOC1.O.[Cl][Zr]([Cl])[Cl].[Cl][Zr]([Cl])[Cl]. The van der Waals surface area contributed by atoms with Crippen molar-refractivity contribution in [3.8, 4) is 0 Å². The molecule has 2 N–H and O–H groups in total. The summed E-state index contributed by atoms with van der Waals surface area (Å²) in [5.74, 6) is 0. The van der Waals surface area contributed by atoms with E-state index in [1.165, 1.54) is 51.4 Å². The van der Waals surface area contributed by atoms with Gasteiger partial charge >= 0.3 is 87.4 Å². The Morgan fingerprint density at radius 1 is 0.345 bits per heavy atom. The van der Waals surface area contributed by atoms with E-state index in [-0.39, 0.29) is 5.48 Å². The number of hydrogen-bond acceptors (Lipinski definition) is 4. The maximum atomic E-state index is 5.00. The van der Waals surface area contributed by atoms with E-state index in [2.05, 4.69) is 0 Å². The normalized spacial score (nSPS) is 18.4. The molecule has 13 heteroatoms. The van der Waals surface area contributed by atoms with Crippen LogP contribution in [0.2, 0.25) is 0 Å². The van der Waals surface area contributed by atoms with E-state index in [0.29, 0.717) is 0 Å². The molecule has 0 unspecified atom stereocenters. The summed E-state index contributed by atoms with van der Waals surface area (Å²) < 4.78 is 19.8. The monoisotopic (exact) mass is 696 g/mol. The first-order valence-electron chi connectivity index (χ1n) is 9.44. The first-order chi connectivity index (χ1) is 13.5. The summed E-state index contributed by atoms with van der Waals surface area (Å²) in [7, 11) is 30.0. The van der Waals surface area contributed by atoms with Crippen molar-refractivity contribution >= 4 is 51.1 Å². The number of hydrogen-bond donors (Lipinski definition) is 0. The molecule has 4 fully saturated rings. The van der Waals surface area contributed by atoms with Crippen LogP contribution in [-0.2, 0) is 55.3 Å². The van der Waals surface area contributed by atoms with Gasteiger partial charge in [-0.1, -0.05) is 0 Å². The van der Waals surface area contributed by atoms with Gasteiger partial charge in [-0.2, -0.15) is 0 Å². The van der Waals surface area contributed by atoms with Gasteiger partial charge in [-0.15, -0.1) is 0 Å². The van der Waals surface area contributed by atoms with E-state index >= 15 is 0 Å². The van der Waals surface area contributed by atoms with Crippen LogP contribution in [0.25, 0.3) is 0 Å². The van der Waals surface area contributed by atoms with Gasteiger partial charge in [-0.25, -0.2) is 0 Å². The molecular formula is C16H34Cl6O5Zr2. The number of rotatable bonds is 0. The van der Waals surface area contributed by atoms with E-state index in [4.69, 9.17) is 70.0 Å². The molecule has 4 aliphatic heterocycles. The minimum atomic E-state index is -2.13. The van der Waals surface area contributed by atoms with E-state index in [0.717, 1.165) is 52.9 Å². The Morgan fingerprint density at radius 2 is 0.448 bits per heavy atom. The first-order valence-corrected chi connectivity index (χ1v) is 28.4. The standard InChI is InChI=1S/4C4H8O.6ClH.H2O.2Zr/c4*1-2-4-5-3-1;;;;;;;;;/h4*1-4H2;6*1H;1H2;;/q;;;;;;;;;;;2*+3/p-6. The summed E-state index contributed by atoms with van der Waals surface area (Å²) in [5.41, 5.74) is 0. The zero-order valence-electron chi connectivity index (χ0n) is 16.7. The Morgan fingerprint density at radius 3 is 0.483 bits per heavy atom. The summed E-state index contributed by atoms with van der Waals surface area (Å²) in [4.78, 5) is 0. The average Bonchev–Trinajstić information content (AvgIpc) is 3.52. The van der Waals surface area contributed by atoms with Crippen molar-refractivity contribution < 1.29 is 60.8 Å². The van der Waals surface area contributed by atoms with Crippen molar-refractivity contribution in [1.29, 1.82) is 0 Å². The van der Waals surface area contributed by atoms with Crippen molar-refractivity contribution in [2.24, 2.45) is 0 Å². The van der Waals surface area contributed by atoms with Gasteiger partial charge in [0.05, 0.1) is 0 Å². The third kappa shape index (κ3) is 49.5. The Labute approximate surface area is 213 Å². The third-order valence-electron chi connectivity index (χ3n) is 3.31. The summed E-state index contributed by atoms with van der Waals surface area (Å²) in [6.45, 7) is 8.00. The van der Waals surface area contributed by atoms with Gasteiger partial charge in [0, 0.05) is 52.9 Å². The summed E-state index contributed by atoms with van der Waals surface area (Å²) >= 11 is -4.25. The van der Waals surface area contributed by atoms with Crippen LogP contribution in [0.5, 0.6) is 0 Å². The van der Waals surface area contributed by atoms with Gasteiger partial charge in [-0.05, 0) is 51.4 Å². The molecule has 4 heterocycles. The van der Waals surface area contributed by atoms with Crippen LogP contribution in [0.15, 0.2) is 0 Å². The zero-order valence-corrected chi connectivity index (χ0v) is 26.2. The van der Waals surface area contributed by atoms with Crippen molar-refractivity contribution in [1.82, 2.24) is 0 Å². The van der Waals surface area contributed by atoms with Crippen LogP contribution in [-0.4, -0.2) is 58.3 Å². The minimum absolute atomic E-state index is 0. The van der Waals surface area contributed by atoms with E-state index in [1.54, 1.807) is 0 Å². The molecule has 29 heavy (non-hydrogen) atoms. The fraction of sp³-hybridized carbons (Fsp3) is 1.00. The molecule has 4 rings (SSSR count). The molecule has 0 amide bonds. The van der Waals surface area contributed by atoms with E-state index < -0.39 is 36.3 Å². The quantitative estimate of drug-likeness (QED) is 0.290. The van der Waals surface area contributed by atoms with Crippen LogP contribution in [0, 0.1) is 0 Å². The van der Waals surface area contributed by atoms with Crippen LogP contribution in [0.4, 0.5) is 0 Å². The predicted molar refractivity (Wildman–Crippen MR) is 119 cm³/mol. The van der Waals surface area contributed by atoms with Gasteiger partial charge < -0.3 is 24.4 Å². The van der Waals surface area contributed by atoms with Crippen LogP contribution < -0.4 is 0 Å². The van der Waals surface area contributed by atoms with Crippen LogP contribution in [0.3, 0.4) is 0 Å². The number of ether oxygens (including phenoxy) is 4. The van der Waals surface area contributed by atoms with Crippen molar-refractivity contribution in [2.75, 3.05) is 52.9 Å². The second-order valence-corrected chi connectivity index (χ2v) is 28.1. The molecule has 4 aliphatic rings. The number of halogens is 6. The van der Waals surface area contributed by atoms with Crippen LogP contribution >= 0.6 is 51.1 Å². The molecule has 0 spiro atoms. The molecule has 0 aromatic carbocycles. The van der Waals surface area contributed by atoms with E-state index in [9.17, 15) is 0 Å². The van der Waals surface area contributed by atoms with Crippen molar-refractivity contribution in [3.05, 3.63) is 0 Å². The molecule has 0 aliphatic carbocycles. The molecule has 4 saturated heterocycles. The van der Waals surface area contributed by atoms with E-state index in [1.807, 2.05) is 0 Å². The second-order valence-electron chi connectivity index (χ2n) is 5.71. The fourth-order valence-electron chi connectivity index (χ4n) is 2.04. The van der Waals surface area contributed by atoms with Crippen molar-refractivity contribution in [2.45, 2.75) is 51.4 Å². The fourth-order valence-corrected chi connectivity index (χ4v) is 2.04. The third-order valence-corrected chi connectivity index (χ3v) is 3.31. The molecule has 5 nitrogen and oxygen atoms in total. The van der Waals surface area contributed by atoms with Crippen molar-refractivity contribution in [3.63, 3.8) is 0 Å². The molecule has 0 aromatic heterocycles. The molecule has 0 radical (unpaired) electrons. The Kier molecular flexibility index (Phi) is 42.6. The Bertz CT molecular complexity index is 190. The molecule has 0 bridgehead atoms. The van der Waals surface area contributed by atoms with Gasteiger partial charge in [0.15, 0.2) is 0 Å². The van der Waals surface area contributed by atoms with Gasteiger partial charge in [0.2, 0.25) is 0 Å². The van der Waals surface area contributed by atoms with Gasteiger partial charge in [0.25, 0.3) is 0 Å². The first kappa shape index (κ1) is 36.9. The molecule has 0 aromatic rings. The molecule has 178 valence electrons. The Hall–Kier alpha value is 3.31. The summed E-state index contributed by atoms with van der Waals surface area (Å²) in [6, 6.07) is 0. The zero-order chi connectivity index (χ0) is 21.3. The van der Waals surface area contributed by atoms with Crippen LogP contribution in [0.1, 0.15) is 51.4 Å². The second kappa shape index (κ2) is 33.5. The average molecular weight is 702 g/mol. The predicted octanol–water partition coefficient (Wildman–Crippen LogP) is 6.49. The summed E-state index contributed by atoms with van der Waals surface area (Å²) in [6.07, 6.45) is 10.2. The molecule has 0 saturated carbocycles. The van der Waals surface area contributed by atoms with Gasteiger partial charge in [-0.3, -0.25) is 0 Å². The van der Waals surface area contributed by atoms with Gasteiger partial charge in [0.1, 0.15) is 0 Å². The Balaban J connectivity index is -0.000000279. The maximum absolute atomic E-state index is 5.00.